The van der Waals surface area contributed by atoms with E-state index in [1.807, 2.05) is 0 Å². The van der Waals surface area contributed by atoms with Gasteiger partial charge in [0.1, 0.15) is 11.3 Å². The van der Waals surface area contributed by atoms with Gasteiger partial charge in [-0.3, -0.25) is 9.69 Å². The molecule has 0 aliphatic carbocycles. The minimum Gasteiger partial charge on any atom is -0.465 e. The lowest BCUT2D eigenvalue weighted by molar-refractivity contribution is 0.0356. The van der Waals surface area contributed by atoms with Crippen molar-refractivity contribution in [3.63, 3.8) is 0 Å². The molecule has 0 saturated carbocycles. The molecular weight excluding hydrogens is 375 g/mol. The number of benzene rings is 2. The fourth-order valence-corrected chi connectivity index (χ4v) is 3.98. The smallest absolute Gasteiger partial charge is 0.294 e. The summed E-state index contributed by atoms with van der Waals surface area (Å²) in [6.45, 7) is 4.95. The monoisotopic (exact) mass is 396 g/mol. The van der Waals surface area contributed by atoms with E-state index in [1.165, 1.54) is 12.1 Å². The Morgan fingerprint density at radius 1 is 1.17 bits per heavy atom. The Morgan fingerprint density at radius 3 is 2.90 bits per heavy atom. The van der Waals surface area contributed by atoms with Crippen molar-refractivity contribution in [3.05, 3.63) is 46.6 Å². The maximum absolute atomic E-state index is 13.9. The number of aromatic amines is 2. The summed E-state index contributed by atoms with van der Waals surface area (Å²) in [5.74, 6) is -0.388. The minimum absolute atomic E-state index is 0.268. The molecule has 150 valence electrons. The molecule has 1 aliphatic rings. The van der Waals surface area contributed by atoms with Crippen LogP contribution in [0.5, 0.6) is 6.01 Å². The highest BCUT2D eigenvalue weighted by Gasteiger charge is 2.16. The molecule has 1 aliphatic heterocycles. The molecule has 8 heteroatoms. The van der Waals surface area contributed by atoms with Crippen LogP contribution in [0.25, 0.3) is 32.6 Å². The molecule has 0 atom stereocenters. The summed E-state index contributed by atoms with van der Waals surface area (Å²) in [5, 5.41) is 2.39. The number of fused-ring (bicyclic) bond motifs is 6. The van der Waals surface area contributed by atoms with Crippen molar-refractivity contribution in [2.75, 3.05) is 39.5 Å². The molecule has 0 amide bonds. The summed E-state index contributed by atoms with van der Waals surface area (Å²) in [5.41, 5.74) is 1.12. The summed E-state index contributed by atoms with van der Waals surface area (Å²) in [6, 6.07) is 6.62. The normalized spacial score (nSPS) is 15.5. The SMILES string of the molecule is O=c1[nH]ccc2c3nc(OCCCN4CCOCC4)[nH]c3c3ccc(F)cc3c12. The second-order valence-electron chi connectivity index (χ2n) is 7.21. The lowest BCUT2D eigenvalue weighted by Crippen LogP contribution is -2.37. The van der Waals surface area contributed by atoms with Crippen LogP contribution in [0.3, 0.4) is 0 Å². The van der Waals surface area contributed by atoms with E-state index in [4.69, 9.17) is 9.47 Å². The largest absolute Gasteiger partial charge is 0.465 e. The molecule has 0 spiro atoms. The van der Waals surface area contributed by atoms with Gasteiger partial charge < -0.3 is 19.4 Å². The molecule has 2 N–H and O–H groups in total. The van der Waals surface area contributed by atoms with E-state index in [9.17, 15) is 9.18 Å². The van der Waals surface area contributed by atoms with E-state index in [0.29, 0.717) is 34.3 Å². The first kappa shape index (κ1) is 18.1. The zero-order valence-corrected chi connectivity index (χ0v) is 15.8. The topological polar surface area (TPSA) is 83.2 Å². The number of ether oxygens (including phenoxy) is 2. The van der Waals surface area contributed by atoms with Gasteiger partial charge in [-0.2, -0.15) is 4.98 Å². The van der Waals surface area contributed by atoms with Gasteiger partial charge in [-0.25, -0.2) is 4.39 Å². The molecule has 4 aromatic rings. The van der Waals surface area contributed by atoms with Gasteiger partial charge in [0.25, 0.3) is 11.6 Å². The third kappa shape index (κ3) is 3.34. The summed E-state index contributed by atoms with van der Waals surface area (Å²) >= 11 is 0. The highest BCUT2D eigenvalue weighted by molar-refractivity contribution is 6.23. The molecular formula is C21H21FN4O3. The quantitative estimate of drug-likeness (QED) is 0.400. The van der Waals surface area contributed by atoms with E-state index >= 15 is 0 Å². The van der Waals surface area contributed by atoms with Crippen LogP contribution >= 0.6 is 0 Å². The fraction of sp³-hybridized carbons (Fsp3) is 0.333. The van der Waals surface area contributed by atoms with E-state index in [0.717, 1.165) is 50.2 Å². The Labute approximate surface area is 165 Å². The number of imidazole rings is 1. The van der Waals surface area contributed by atoms with Crippen molar-refractivity contribution in [2.24, 2.45) is 0 Å². The number of rotatable bonds is 5. The number of nitrogens with zero attached hydrogens (tertiary/aromatic N) is 2. The van der Waals surface area contributed by atoms with Crippen molar-refractivity contribution in [3.8, 4) is 6.01 Å². The number of hydrogen-bond acceptors (Lipinski definition) is 5. The molecule has 7 nitrogen and oxygen atoms in total. The van der Waals surface area contributed by atoms with Crippen LogP contribution in [0, 0.1) is 5.82 Å². The first-order chi connectivity index (χ1) is 14.2. The number of halogens is 1. The van der Waals surface area contributed by atoms with Gasteiger partial charge in [0.05, 0.1) is 30.7 Å². The highest BCUT2D eigenvalue weighted by atomic mass is 19.1. The molecule has 2 aromatic carbocycles. The van der Waals surface area contributed by atoms with Crippen LogP contribution in [0.2, 0.25) is 0 Å². The Balaban J connectivity index is 1.48. The lowest BCUT2D eigenvalue weighted by atomic mass is 10.0. The Kier molecular flexibility index (Phi) is 4.65. The predicted molar refractivity (Wildman–Crippen MR) is 109 cm³/mol. The minimum atomic E-state index is -0.388. The number of H-pyrrole nitrogens is 2. The molecule has 0 radical (unpaired) electrons. The van der Waals surface area contributed by atoms with Gasteiger partial charge in [0.15, 0.2) is 0 Å². The van der Waals surface area contributed by atoms with Gasteiger partial charge in [-0.15, -0.1) is 0 Å². The summed E-state index contributed by atoms with van der Waals surface area (Å²) < 4.78 is 25.1. The van der Waals surface area contributed by atoms with E-state index < -0.39 is 0 Å². The number of nitrogens with one attached hydrogen (secondary N) is 2. The van der Waals surface area contributed by atoms with Gasteiger partial charge in [-0.1, -0.05) is 0 Å². The van der Waals surface area contributed by atoms with Crippen molar-refractivity contribution >= 4 is 32.6 Å². The van der Waals surface area contributed by atoms with Gasteiger partial charge in [0.2, 0.25) is 0 Å². The zero-order chi connectivity index (χ0) is 19.8. The predicted octanol–water partition coefficient (Wildman–Crippen LogP) is 2.80. The standard InChI is InChI=1S/C21H21FN4O3/c22-13-2-3-14-16(12-13)17-15(4-5-23-20(17)27)19-18(14)24-21(25-19)29-9-1-6-26-7-10-28-11-8-26/h2-5,12H,1,6-11H2,(H,23,27)(H,24,25). The first-order valence-electron chi connectivity index (χ1n) is 9.76. The molecule has 0 unspecified atom stereocenters. The van der Waals surface area contributed by atoms with Gasteiger partial charge >= 0.3 is 0 Å². The maximum Gasteiger partial charge on any atom is 0.294 e. The Bertz CT molecular complexity index is 1240. The Hall–Kier alpha value is -2.97. The number of hydrogen-bond donors (Lipinski definition) is 2. The Morgan fingerprint density at radius 2 is 2.03 bits per heavy atom. The lowest BCUT2D eigenvalue weighted by Gasteiger charge is -2.26. The third-order valence-corrected chi connectivity index (χ3v) is 5.38. The number of pyridine rings is 1. The van der Waals surface area contributed by atoms with Crippen LogP contribution in [0.15, 0.2) is 35.3 Å². The molecule has 5 rings (SSSR count). The summed E-state index contributed by atoms with van der Waals surface area (Å²) in [7, 11) is 0. The van der Waals surface area contributed by atoms with Crippen molar-refractivity contribution in [2.45, 2.75) is 6.42 Å². The maximum atomic E-state index is 13.9. The second-order valence-corrected chi connectivity index (χ2v) is 7.21. The second kappa shape index (κ2) is 7.46. The first-order valence-corrected chi connectivity index (χ1v) is 9.76. The number of aromatic nitrogens is 3. The molecule has 0 bridgehead atoms. The molecule has 29 heavy (non-hydrogen) atoms. The van der Waals surface area contributed by atoms with E-state index in [1.54, 1.807) is 18.3 Å². The molecule has 2 aromatic heterocycles. The van der Waals surface area contributed by atoms with Crippen LogP contribution in [0.1, 0.15) is 6.42 Å². The summed E-state index contributed by atoms with van der Waals surface area (Å²) in [6.07, 6.45) is 2.45. The average Bonchev–Trinajstić information content (AvgIpc) is 3.16. The van der Waals surface area contributed by atoms with Crippen LogP contribution in [-0.4, -0.2) is 59.3 Å². The zero-order valence-electron chi connectivity index (χ0n) is 15.8. The van der Waals surface area contributed by atoms with Crippen LogP contribution in [-0.2, 0) is 4.74 Å². The fourth-order valence-electron chi connectivity index (χ4n) is 3.98. The number of morpholine rings is 1. The average molecular weight is 396 g/mol. The highest BCUT2D eigenvalue weighted by Crippen LogP contribution is 2.33. The van der Waals surface area contributed by atoms with Crippen molar-refractivity contribution < 1.29 is 13.9 Å². The molecule has 1 fully saturated rings. The molecule has 3 heterocycles. The van der Waals surface area contributed by atoms with Crippen molar-refractivity contribution in [1.82, 2.24) is 19.9 Å². The van der Waals surface area contributed by atoms with E-state index in [2.05, 4.69) is 19.9 Å². The summed E-state index contributed by atoms with van der Waals surface area (Å²) in [4.78, 5) is 25.3. The van der Waals surface area contributed by atoms with Crippen LogP contribution < -0.4 is 10.3 Å². The van der Waals surface area contributed by atoms with Gasteiger partial charge in [0, 0.05) is 42.0 Å². The molecule has 1 saturated heterocycles. The van der Waals surface area contributed by atoms with Crippen molar-refractivity contribution in [1.29, 1.82) is 0 Å². The van der Waals surface area contributed by atoms with Gasteiger partial charge in [-0.05, 0) is 30.7 Å². The van der Waals surface area contributed by atoms with Crippen LogP contribution in [0.4, 0.5) is 4.39 Å². The van der Waals surface area contributed by atoms with E-state index in [-0.39, 0.29) is 11.4 Å². The third-order valence-electron chi connectivity index (χ3n) is 5.38.